The minimum absolute atomic E-state index is 0.0314. The van der Waals surface area contributed by atoms with Crippen LogP contribution in [-0.2, 0) is 16.3 Å². The van der Waals surface area contributed by atoms with Crippen molar-refractivity contribution in [1.82, 2.24) is 25.0 Å². The van der Waals surface area contributed by atoms with E-state index in [2.05, 4.69) is 25.6 Å². The molecular formula is C19H21FN6O3S. The second kappa shape index (κ2) is 7.63. The third kappa shape index (κ3) is 4.11. The number of nitrogens with zero attached hydrogens (tertiary/aromatic N) is 4. The molecule has 0 radical (unpaired) electrons. The number of carbonyl (C=O) groups excluding carboxylic acids is 1. The van der Waals surface area contributed by atoms with Crippen molar-refractivity contribution in [2.75, 3.05) is 16.8 Å². The lowest BCUT2D eigenvalue weighted by molar-refractivity contribution is 0.102. The summed E-state index contributed by atoms with van der Waals surface area (Å²) in [6.45, 7) is 3.46. The van der Waals surface area contributed by atoms with Gasteiger partial charge in [0.2, 0.25) is 5.95 Å². The zero-order valence-corrected chi connectivity index (χ0v) is 17.3. The first-order chi connectivity index (χ1) is 14.2. The molecule has 1 amide bonds. The number of halogens is 1. The van der Waals surface area contributed by atoms with Gasteiger partial charge in [0, 0.05) is 12.1 Å². The number of hydrogen-bond acceptors (Lipinski definition) is 6. The van der Waals surface area contributed by atoms with Crippen molar-refractivity contribution < 1.29 is 17.6 Å². The third-order valence-corrected chi connectivity index (χ3v) is 6.90. The van der Waals surface area contributed by atoms with Crippen molar-refractivity contribution in [2.24, 2.45) is 0 Å². The van der Waals surface area contributed by atoms with Crippen LogP contribution >= 0.6 is 0 Å². The minimum Gasteiger partial charge on any atom is -0.289 e. The zero-order chi connectivity index (χ0) is 21.5. The number of aryl methyl sites for hydroxylation is 1. The predicted molar refractivity (Wildman–Crippen MR) is 108 cm³/mol. The van der Waals surface area contributed by atoms with Gasteiger partial charge in [-0.3, -0.25) is 19.9 Å². The van der Waals surface area contributed by atoms with Gasteiger partial charge in [-0.25, -0.2) is 12.8 Å². The molecule has 1 fully saturated rings. The number of aromatic nitrogens is 5. The number of amides is 1. The zero-order valence-electron chi connectivity index (χ0n) is 16.5. The molecule has 1 aliphatic heterocycles. The van der Waals surface area contributed by atoms with Crippen LogP contribution < -0.4 is 5.32 Å². The number of rotatable bonds is 5. The molecule has 9 nitrogen and oxygen atoms in total. The Labute approximate surface area is 172 Å². The fourth-order valence-corrected chi connectivity index (χ4v) is 5.40. The second-order valence-corrected chi connectivity index (χ2v) is 9.64. The lowest BCUT2D eigenvalue weighted by Crippen LogP contribution is -2.17. The van der Waals surface area contributed by atoms with Gasteiger partial charge in [-0.2, -0.15) is 10.1 Å². The highest BCUT2D eigenvalue weighted by Gasteiger charge is 2.32. The van der Waals surface area contributed by atoms with E-state index in [1.165, 1.54) is 12.1 Å². The highest BCUT2D eigenvalue weighted by molar-refractivity contribution is 7.91. The summed E-state index contributed by atoms with van der Waals surface area (Å²) in [5.74, 6) is 0.0782. The molecule has 0 bridgehead atoms. The standard InChI is InChI=1S/C19H21FN6O3S/c1-11-17(12(2)26(25-11)15-7-8-30(28,29)10-15)18(27)22-19-21-16(23-24-19)9-13-3-5-14(20)6-4-13/h3-6,15H,7-10H2,1-2H3,(H2,21,22,23,24,27)/t15-/m1/s1. The molecule has 2 N–H and O–H groups in total. The monoisotopic (exact) mass is 432 g/mol. The van der Waals surface area contributed by atoms with E-state index < -0.39 is 15.7 Å². The van der Waals surface area contributed by atoms with E-state index in [9.17, 15) is 17.6 Å². The summed E-state index contributed by atoms with van der Waals surface area (Å²) in [5.41, 5.74) is 2.35. The summed E-state index contributed by atoms with van der Waals surface area (Å²) >= 11 is 0. The molecule has 0 unspecified atom stereocenters. The Bertz CT molecular complexity index is 1200. The quantitative estimate of drug-likeness (QED) is 0.635. The number of carbonyl (C=O) groups is 1. The molecular weight excluding hydrogens is 411 g/mol. The molecule has 1 aromatic carbocycles. The number of aromatic amines is 1. The topological polar surface area (TPSA) is 123 Å². The van der Waals surface area contributed by atoms with Crippen molar-refractivity contribution >= 4 is 21.7 Å². The van der Waals surface area contributed by atoms with Gasteiger partial charge in [-0.05, 0) is 38.0 Å². The van der Waals surface area contributed by atoms with E-state index in [0.717, 1.165) is 5.56 Å². The summed E-state index contributed by atoms with van der Waals surface area (Å²) < 4.78 is 38.2. The van der Waals surface area contributed by atoms with Crippen LogP contribution in [0.15, 0.2) is 24.3 Å². The molecule has 0 aliphatic carbocycles. The number of hydrogen-bond donors (Lipinski definition) is 2. The van der Waals surface area contributed by atoms with Gasteiger partial charge in [0.05, 0.1) is 28.8 Å². The Balaban J connectivity index is 1.48. The Hall–Kier alpha value is -3.08. The van der Waals surface area contributed by atoms with Crippen LogP contribution in [0.4, 0.5) is 10.3 Å². The van der Waals surface area contributed by atoms with Gasteiger partial charge < -0.3 is 0 Å². The second-order valence-electron chi connectivity index (χ2n) is 7.41. The maximum Gasteiger partial charge on any atom is 0.261 e. The van der Waals surface area contributed by atoms with Crippen LogP contribution in [0.2, 0.25) is 0 Å². The maximum atomic E-state index is 13.0. The summed E-state index contributed by atoms with van der Waals surface area (Å²) in [6, 6.07) is 5.78. The minimum atomic E-state index is -3.06. The molecule has 3 aromatic rings. The predicted octanol–water partition coefficient (Wildman–Crippen LogP) is 1.96. The fraction of sp³-hybridized carbons (Fsp3) is 0.368. The van der Waals surface area contributed by atoms with Gasteiger partial charge in [0.15, 0.2) is 9.84 Å². The first-order valence-electron chi connectivity index (χ1n) is 9.45. The Morgan fingerprint density at radius 3 is 2.70 bits per heavy atom. The molecule has 11 heteroatoms. The van der Waals surface area contributed by atoms with Crippen LogP contribution in [0.5, 0.6) is 0 Å². The molecule has 4 rings (SSSR count). The molecule has 0 spiro atoms. The lowest BCUT2D eigenvalue weighted by Gasteiger charge is -2.11. The van der Waals surface area contributed by atoms with E-state index >= 15 is 0 Å². The van der Waals surface area contributed by atoms with Crippen LogP contribution in [0.25, 0.3) is 0 Å². The van der Waals surface area contributed by atoms with Crippen molar-refractivity contribution in [3.8, 4) is 0 Å². The molecule has 1 aliphatic rings. The van der Waals surface area contributed by atoms with Crippen LogP contribution in [0.3, 0.4) is 0 Å². The summed E-state index contributed by atoms with van der Waals surface area (Å²) in [5, 5.41) is 13.8. The van der Waals surface area contributed by atoms with Crippen LogP contribution in [0, 0.1) is 19.7 Å². The summed E-state index contributed by atoms with van der Waals surface area (Å²) in [4.78, 5) is 17.1. The van der Waals surface area contributed by atoms with Gasteiger partial charge in [-0.15, -0.1) is 5.10 Å². The normalized spacial score (nSPS) is 17.9. The number of anilines is 1. The van der Waals surface area contributed by atoms with Gasteiger partial charge in [0.25, 0.3) is 5.91 Å². The van der Waals surface area contributed by atoms with Crippen molar-refractivity contribution in [1.29, 1.82) is 0 Å². The lowest BCUT2D eigenvalue weighted by atomic mass is 10.1. The Kier molecular flexibility index (Phi) is 5.14. The van der Waals surface area contributed by atoms with Crippen LogP contribution in [0.1, 0.15) is 45.6 Å². The molecule has 1 saturated heterocycles. The first-order valence-corrected chi connectivity index (χ1v) is 11.3. The average molecular weight is 432 g/mol. The Morgan fingerprint density at radius 2 is 2.03 bits per heavy atom. The first kappa shape index (κ1) is 20.2. The largest absolute Gasteiger partial charge is 0.289 e. The number of benzene rings is 1. The van der Waals surface area contributed by atoms with Crippen molar-refractivity contribution in [3.63, 3.8) is 0 Å². The van der Waals surface area contributed by atoms with E-state index in [-0.39, 0.29) is 29.3 Å². The third-order valence-electron chi connectivity index (χ3n) is 5.15. The molecule has 3 heterocycles. The summed E-state index contributed by atoms with van der Waals surface area (Å²) in [6.07, 6.45) is 0.897. The molecule has 0 saturated carbocycles. The van der Waals surface area contributed by atoms with Crippen molar-refractivity contribution in [3.05, 3.63) is 58.4 Å². The smallest absolute Gasteiger partial charge is 0.261 e. The van der Waals surface area contributed by atoms with Crippen molar-refractivity contribution in [2.45, 2.75) is 32.7 Å². The Morgan fingerprint density at radius 1 is 1.30 bits per heavy atom. The van der Waals surface area contributed by atoms with Gasteiger partial charge in [0.1, 0.15) is 11.6 Å². The van der Waals surface area contributed by atoms with Crippen LogP contribution in [-0.4, -0.2) is 50.8 Å². The number of nitrogens with one attached hydrogen (secondary N) is 2. The number of sulfone groups is 1. The van der Waals surface area contributed by atoms with E-state index in [4.69, 9.17) is 0 Å². The van der Waals surface area contributed by atoms with E-state index in [1.807, 2.05) is 0 Å². The fourth-order valence-electron chi connectivity index (χ4n) is 3.71. The van der Waals surface area contributed by atoms with Gasteiger partial charge >= 0.3 is 0 Å². The highest BCUT2D eigenvalue weighted by Crippen LogP contribution is 2.27. The van der Waals surface area contributed by atoms with E-state index in [1.54, 1.807) is 30.7 Å². The van der Waals surface area contributed by atoms with Gasteiger partial charge in [-0.1, -0.05) is 12.1 Å². The highest BCUT2D eigenvalue weighted by atomic mass is 32.2. The molecule has 1 atom stereocenters. The number of H-pyrrole nitrogens is 1. The summed E-state index contributed by atoms with van der Waals surface area (Å²) in [7, 11) is -3.06. The average Bonchev–Trinajstić information content (AvgIpc) is 3.34. The molecule has 30 heavy (non-hydrogen) atoms. The SMILES string of the molecule is Cc1nn([C@@H]2CCS(=O)(=O)C2)c(C)c1C(=O)Nc1n[nH]c(Cc2ccc(F)cc2)n1. The molecule has 2 aromatic heterocycles. The maximum absolute atomic E-state index is 13.0. The van der Waals surface area contributed by atoms with E-state index in [0.29, 0.717) is 35.6 Å². The molecule has 158 valence electrons.